The van der Waals surface area contributed by atoms with Crippen molar-refractivity contribution in [2.45, 2.75) is 24.9 Å². The van der Waals surface area contributed by atoms with Crippen LogP contribution in [0.25, 0.3) is 0 Å². The number of rotatable bonds is 1. The van der Waals surface area contributed by atoms with Gasteiger partial charge < -0.3 is 9.64 Å². The SMILES string of the molecule is O=C(c1cc(Br)ccc1Cl)N1[C@@H]2CC[C@H]1COC2. The van der Waals surface area contributed by atoms with Crippen LogP contribution in [-0.2, 0) is 4.74 Å². The van der Waals surface area contributed by atoms with E-state index in [9.17, 15) is 4.79 Å². The molecule has 96 valence electrons. The van der Waals surface area contributed by atoms with E-state index in [0.717, 1.165) is 17.3 Å². The molecule has 2 atom stereocenters. The molecule has 2 fully saturated rings. The summed E-state index contributed by atoms with van der Waals surface area (Å²) in [6, 6.07) is 5.81. The largest absolute Gasteiger partial charge is 0.377 e. The van der Waals surface area contributed by atoms with E-state index < -0.39 is 0 Å². The van der Waals surface area contributed by atoms with Crippen LogP contribution in [0.15, 0.2) is 22.7 Å². The molecule has 0 radical (unpaired) electrons. The van der Waals surface area contributed by atoms with Gasteiger partial charge in [0.15, 0.2) is 0 Å². The average Bonchev–Trinajstić information content (AvgIpc) is 2.61. The Labute approximate surface area is 119 Å². The van der Waals surface area contributed by atoms with Crippen molar-refractivity contribution in [3.05, 3.63) is 33.3 Å². The summed E-state index contributed by atoms with van der Waals surface area (Å²) < 4.78 is 6.36. The average molecular weight is 331 g/mol. The molecule has 18 heavy (non-hydrogen) atoms. The third-order valence-corrected chi connectivity index (χ3v) is 4.46. The summed E-state index contributed by atoms with van der Waals surface area (Å²) in [6.07, 6.45) is 2.06. The molecule has 3 nitrogen and oxygen atoms in total. The molecule has 0 unspecified atom stereocenters. The Morgan fingerprint density at radius 1 is 1.33 bits per heavy atom. The zero-order valence-corrected chi connectivity index (χ0v) is 12.1. The summed E-state index contributed by atoms with van der Waals surface area (Å²) in [5.41, 5.74) is 0.574. The zero-order valence-electron chi connectivity index (χ0n) is 9.73. The molecule has 2 bridgehead atoms. The van der Waals surface area contributed by atoms with E-state index in [1.54, 1.807) is 12.1 Å². The fraction of sp³-hybridized carbons (Fsp3) is 0.462. The van der Waals surface area contributed by atoms with Gasteiger partial charge in [-0.3, -0.25) is 4.79 Å². The third kappa shape index (κ3) is 2.06. The lowest BCUT2D eigenvalue weighted by atomic mass is 10.1. The number of carbonyl (C=O) groups is 1. The second-order valence-electron chi connectivity index (χ2n) is 4.76. The van der Waals surface area contributed by atoms with Crippen molar-refractivity contribution < 1.29 is 9.53 Å². The van der Waals surface area contributed by atoms with Crippen LogP contribution in [0.3, 0.4) is 0 Å². The van der Waals surface area contributed by atoms with Crippen LogP contribution < -0.4 is 0 Å². The fourth-order valence-corrected chi connectivity index (χ4v) is 3.32. The molecule has 0 spiro atoms. The number of carbonyl (C=O) groups excluding carboxylic acids is 1. The Hall–Kier alpha value is -0.580. The summed E-state index contributed by atoms with van der Waals surface area (Å²) in [4.78, 5) is 14.6. The molecular weight excluding hydrogens is 318 g/mol. The molecule has 1 aromatic carbocycles. The first-order chi connectivity index (χ1) is 8.66. The quantitative estimate of drug-likeness (QED) is 0.792. The maximum atomic E-state index is 12.6. The van der Waals surface area contributed by atoms with Crippen molar-refractivity contribution in [1.82, 2.24) is 4.90 Å². The Bertz CT molecular complexity index is 478. The Morgan fingerprint density at radius 3 is 2.67 bits per heavy atom. The minimum atomic E-state index is 0.0251. The van der Waals surface area contributed by atoms with E-state index in [2.05, 4.69) is 15.9 Å². The normalized spacial score (nSPS) is 26.4. The molecule has 2 aliphatic rings. The van der Waals surface area contributed by atoms with Crippen molar-refractivity contribution in [1.29, 1.82) is 0 Å². The second-order valence-corrected chi connectivity index (χ2v) is 6.08. The van der Waals surface area contributed by atoms with Gasteiger partial charge in [-0.15, -0.1) is 0 Å². The number of ether oxygens (including phenoxy) is 1. The van der Waals surface area contributed by atoms with Gasteiger partial charge in [0.1, 0.15) is 0 Å². The van der Waals surface area contributed by atoms with Crippen LogP contribution in [0.2, 0.25) is 5.02 Å². The van der Waals surface area contributed by atoms with Crippen molar-refractivity contribution in [3.8, 4) is 0 Å². The lowest BCUT2D eigenvalue weighted by Crippen LogP contribution is -2.49. The number of benzene rings is 1. The number of halogens is 2. The van der Waals surface area contributed by atoms with Gasteiger partial charge in [0.2, 0.25) is 0 Å². The van der Waals surface area contributed by atoms with Crippen molar-refractivity contribution in [3.63, 3.8) is 0 Å². The molecule has 0 aromatic heterocycles. The highest BCUT2D eigenvalue weighted by Gasteiger charge is 2.41. The summed E-state index contributed by atoms with van der Waals surface area (Å²) in [6.45, 7) is 1.29. The Balaban J connectivity index is 1.93. The number of fused-ring (bicyclic) bond motifs is 2. The highest BCUT2D eigenvalue weighted by atomic mass is 79.9. The van der Waals surface area contributed by atoms with Gasteiger partial charge in [0.05, 0.1) is 35.9 Å². The third-order valence-electron chi connectivity index (χ3n) is 3.63. The molecule has 2 heterocycles. The first kappa shape index (κ1) is 12.5. The van der Waals surface area contributed by atoms with Crippen LogP contribution in [0.5, 0.6) is 0 Å². The van der Waals surface area contributed by atoms with Crippen molar-refractivity contribution in [2.24, 2.45) is 0 Å². The molecule has 1 amide bonds. The number of hydrogen-bond acceptors (Lipinski definition) is 2. The van der Waals surface area contributed by atoms with Crippen LogP contribution >= 0.6 is 27.5 Å². The number of morpholine rings is 1. The first-order valence-electron chi connectivity index (χ1n) is 6.02. The molecule has 2 aliphatic heterocycles. The van der Waals surface area contributed by atoms with Gasteiger partial charge in [-0.1, -0.05) is 27.5 Å². The molecule has 0 saturated carbocycles. The summed E-state index contributed by atoms with van der Waals surface area (Å²) in [7, 11) is 0. The van der Waals surface area contributed by atoms with Gasteiger partial charge >= 0.3 is 0 Å². The van der Waals surface area contributed by atoms with E-state index in [4.69, 9.17) is 16.3 Å². The summed E-state index contributed by atoms with van der Waals surface area (Å²) in [5.74, 6) is 0.0251. The monoisotopic (exact) mass is 329 g/mol. The van der Waals surface area contributed by atoms with E-state index >= 15 is 0 Å². The highest BCUT2D eigenvalue weighted by Crippen LogP contribution is 2.32. The first-order valence-corrected chi connectivity index (χ1v) is 7.19. The van der Waals surface area contributed by atoms with Gasteiger partial charge in [-0.25, -0.2) is 0 Å². The highest BCUT2D eigenvalue weighted by molar-refractivity contribution is 9.10. The topological polar surface area (TPSA) is 29.5 Å². The minimum absolute atomic E-state index is 0.0251. The van der Waals surface area contributed by atoms with E-state index in [1.165, 1.54) is 0 Å². The van der Waals surface area contributed by atoms with Crippen LogP contribution in [0.1, 0.15) is 23.2 Å². The second kappa shape index (κ2) is 4.83. The summed E-state index contributed by atoms with van der Waals surface area (Å²) in [5, 5.41) is 0.508. The molecule has 0 N–H and O–H groups in total. The number of nitrogens with zero attached hydrogens (tertiary/aromatic N) is 1. The lowest BCUT2D eigenvalue weighted by molar-refractivity contribution is -0.00715. The lowest BCUT2D eigenvalue weighted by Gasteiger charge is -2.34. The van der Waals surface area contributed by atoms with E-state index in [-0.39, 0.29) is 18.0 Å². The van der Waals surface area contributed by atoms with Gasteiger partial charge in [-0.05, 0) is 31.0 Å². The maximum Gasteiger partial charge on any atom is 0.256 e. The van der Waals surface area contributed by atoms with Crippen LogP contribution in [0, 0.1) is 0 Å². The molecule has 3 rings (SSSR count). The predicted molar refractivity (Wildman–Crippen MR) is 73.0 cm³/mol. The number of hydrogen-bond donors (Lipinski definition) is 0. The summed E-state index contributed by atoms with van der Waals surface area (Å²) >= 11 is 9.51. The zero-order chi connectivity index (χ0) is 12.7. The maximum absolute atomic E-state index is 12.6. The van der Waals surface area contributed by atoms with Crippen LogP contribution in [0.4, 0.5) is 0 Å². The van der Waals surface area contributed by atoms with E-state index in [0.29, 0.717) is 23.8 Å². The van der Waals surface area contributed by atoms with Crippen molar-refractivity contribution >= 4 is 33.4 Å². The van der Waals surface area contributed by atoms with Crippen LogP contribution in [-0.4, -0.2) is 36.1 Å². The molecule has 0 aliphatic carbocycles. The molecule has 2 saturated heterocycles. The minimum Gasteiger partial charge on any atom is -0.377 e. The molecule has 1 aromatic rings. The Morgan fingerprint density at radius 2 is 2.00 bits per heavy atom. The van der Waals surface area contributed by atoms with Gasteiger partial charge in [-0.2, -0.15) is 0 Å². The van der Waals surface area contributed by atoms with Crippen molar-refractivity contribution in [2.75, 3.05) is 13.2 Å². The standard InChI is InChI=1S/C13H13BrClNO2/c14-8-1-4-12(15)11(5-8)13(17)16-9-2-3-10(16)7-18-6-9/h1,4-5,9-10H,2-3,6-7H2/t9-,10+. The Kier molecular flexibility index (Phi) is 3.34. The fourth-order valence-electron chi connectivity index (χ4n) is 2.76. The van der Waals surface area contributed by atoms with Gasteiger partial charge in [0.25, 0.3) is 5.91 Å². The molecular formula is C13H13BrClNO2. The predicted octanol–water partition coefficient (Wildman–Crippen LogP) is 3.11. The van der Waals surface area contributed by atoms with Gasteiger partial charge in [0, 0.05) is 4.47 Å². The van der Waals surface area contributed by atoms with E-state index in [1.807, 2.05) is 11.0 Å². The number of amides is 1. The smallest absolute Gasteiger partial charge is 0.256 e. The molecule has 5 heteroatoms.